The quantitative estimate of drug-likeness (QED) is 0.601. The lowest BCUT2D eigenvalue weighted by molar-refractivity contribution is -0.139. The highest BCUT2D eigenvalue weighted by atomic mass is 32.2. The van der Waals surface area contributed by atoms with Crippen molar-refractivity contribution in [3.8, 4) is 0 Å². The normalized spacial score (nSPS) is 13.6. The fraction of sp³-hybridized carbons (Fsp3) is 0.875. The van der Waals surface area contributed by atoms with E-state index in [1.54, 1.807) is 0 Å². The Hall–Kier alpha value is -0.310. The Morgan fingerprint density at radius 3 is 2.62 bits per heavy atom. The van der Waals surface area contributed by atoms with Crippen LogP contribution in [0, 0.1) is 0 Å². The van der Waals surface area contributed by atoms with E-state index in [4.69, 9.17) is 5.11 Å². The monoisotopic (exact) mass is 271 g/mol. The molecule has 0 spiro atoms. The van der Waals surface area contributed by atoms with Gasteiger partial charge in [-0.15, -0.1) is 0 Å². The summed E-state index contributed by atoms with van der Waals surface area (Å²) in [7, 11) is -2.20. The minimum Gasteiger partial charge on any atom is -0.480 e. The van der Waals surface area contributed by atoms with Crippen LogP contribution >= 0.6 is 11.8 Å². The molecule has 0 saturated carbocycles. The van der Waals surface area contributed by atoms with Crippen LogP contribution in [0.5, 0.6) is 0 Å². The van der Waals surface area contributed by atoms with Crippen LogP contribution in [-0.2, 0) is 19.6 Å². The fourth-order valence-electron chi connectivity index (χ4n) is 0.937. The van der Waals surface area contributed by atoms with Gasteiger partial charge in [0.25, 0.3) is 0 Å². The molecule has 0 unspecified atom stereocenters. The van der Waals surface area contributed by atoms with Gasteiger partial charge in [-0.2, -0.15) is 11.8 Å². The van der Waals surface area contributed by atoms with E-state index in [2.05, 4.69) is 9.46 Å². The first-order valence-electron chi connectivity index (χ1n) is 4.63. The number of hydrogen-bond acceptors (Lipinski definition) is 5. The minimum atomic E-state index is -3.58. The van der Waals surface area contributed by atoms with Crippen molar-refractivity contribution in [2.45, 2.75) is 12.5 Å². The Morgan fingerprint density at radius 2 is 2.19 bits per heavy atom. The molecule has 6 nitrogen and oxygen atoms in total. The SMILES string of the molecule is COCCS(=O)(=O)N[C@H](CCSC)C(=O)O. The summed E-state index contributed by atoms with van der Waals surface area (Å²) in [5.74, 6) is -0.800. The van der Waals surface area contributed by atoms with Gasteiger partial charge in [-0.1, -0.05) is 0 Å². The van der Waals surface area contributed by atoms with Gasteiger partial charge >= 0.3 is 5.97 Å². The molecule has 0 aromatic rings. The molecule has 0 bridgehead atoms. The number of aliphatic carboxylic acids is 1. The van der Waals surface area contributed by atoms with Gasteiger partial charge in [0.15, 0.2) is 0 Å². The zero-order chi connectivity index (χ0) is 12.6. The van der Waals surface area contributed by atoms with Crippen LogP contribution in [0.3, 0.4) is 0 Å². The first-order valence-corrected chi connectivity index (χ1v) is 7.68. The first-order chi connectivity index (χ1) is 7.43. The third-order valence-electron chi connectivity index (χ3n) is 1.79. The number of ether oxygens (including phenoxy) is 1. The molecule has 0 aliphatic carbocycles. The number of thioether (sulfide) groups is 1. The molecule has 2 N–H and O–H groups in total. The van der Waals surface area contributed by atoms with Crippen LogP contribution in [0.4, 0.5) is 0 Å². The molecule has 0 rings (SSSR count). The Labute approximate surface area is 99.8 Å². The molecule has 8 heteroatoms. The Balaban J connectivity index is 4.32. The summed E-state index contributed by atoms with van der Waals surface area (Å²) in [5, 5.41) is 8.82. The van der Waals surface area contributed by atoms with Crippen LogP contribution in [-0.4, -0.2) is 57.0 Å². The van der Waals surface area contributed by atoms with E-state index in [-0.39, 0.29) is 18.8 Å². The van der Waals surface area contributed by atoms with Gasteiger partial charge in [-0.05, 0) is 18.4 Å². The molecule has 1 atom stereocenters. The maximum Gasteiger partial charge on any atom is 0.321 e. The van der Waals surface area contributed by atoms with Crippen molar-refractivity contribution in [1.29, 1.82) is 0 Å². The molecule has 16 heavy (non-hydrogen) atoms. The standard InChI is InChI=1S/C8H17NO5S2/c1-14-4-6-16(12,13)9-7(8(10)11)3-5-15-2/h7,9H,3-6H2,1-2H3,(H,10,11)/t7-/m1/s1. The van der Waals surface area contributed by atoms with E-state index in [0.29, 0.717) is 5.75 Å². The molecular weight excluding hydrogens is 254 g/mol. The van der Waals surface area contributed by atoms with Crippen LogP contribution in [0.25, 0.3) is 0 Å². The summed E-state index contributed by atoms with van der Waals surface area (Å²) in [5.41, 5.74) is 0. The largest absolute Gasteiger partial charge is 0.480 e. The molecule has 0 aromatic heterocycles. The number of methoxy groups -OCH3 is 1. The highest BCUT2D eigenvalue weighted by Crippen LogP contribution is 2.02. The molecule has 96 valence electrons. The van der Waals surface area contributed by atoms with Crippen LogP contribution in [0.2, 0.25) is 0 Å². The van der Waals surface area contributed by atoms with Crippen molar-refractivity contribution in [3.63, 3.8) is 0 Å². The number of nitrogens with one attached hydrogen (secondary N) is 1. The van der Waals surface area contributed by atoms with Gasteiger partial charge in [0.2, 0.25) is 10.0 Å². The molecule has 0 amide bonds. The number of carbonyl (C=O) groups is 1. The third kappa shape index (κ3) is 7.04. The van der Waals surface area contributed by atoms with Gasteiger partial charge in [0.1, 0.15) is 6.04 Å². The van der Waals surface area contributed by atoms with E-state index in [1.807, 2.05) is 6.26 Å². The predicted octanol–water partition coefficient (Wildman–Crippen LogP) is -0.241. The van der Waals surface area contributed by atoms with Gasteiger partial charge in [-0.25, -0.2) is 13.1 Å². The van der Waals surface area contributed by atoms with Gasteiger partial charge in [-0.3, -0.25) is 4.79 Å². The molecule has 0 aliphatic heterocycles. The van der Waals surface area contributed by atoms with Crippen molar-refractivity contribution in [2.24, 2.45) is 0 Å². The highest BCUT2D eigenvalue weighted by Gasteiger charge is 2.23. The van der Waals surface area contributed by atoms with Gasteiger partial charge < -0.3 is 9.84 Å². The maximum atomic E-state index is 11.4. The number of carboxylic acid groups (broad SMARTS) is 1. The summed E-state index contributed by atoms with van der Waals surface area (Å²) < 4.78 is 29.6. The molecule has 0 aliphatic rings. The zero-order valence-electron chi connectivity index (χ0n) is 9.30. The van der Waals surface area contributed by atoms with Crippen molar-refractivity contribution < 1.29 is 23.1 Å². The van der Waals surface area contributed by atoms with E-state index in [9.17, 15) is 13.2 Å². The summed E-state index contributed by atoms with van der Waals surface area (Å²) in [6.07, 6.45) is 2.10. The summed E-state index contributed by atoms with van der Waals surface area (Å²) in [6.45, 7) is 0.0458. The topological polar surface area (TPSA) is 92.7 Å². The van der Waals surface area contributed by atoms with Crippen molar-refractivity contribution in [3.05, 3.63) is 0 Å². The third-order valence-corrected chi connectivity index (χ3v) is 3.78. The van der Waals surface area contributed by atoms with Gasteiger partial charge in [0.05, 0.1) is 12.4 Å². The van der Waals surface area contributed by atoms with E-state index < -0.39 is 22.0 Å². The van der Waals surface area contributed by atoms with Crippen LogP contribution in [0.1, 0.15) is 6.42 Å². The Morgan fingerprint density at radius 1 is 1.56 bits per heavy atom. The lowest BCUT2D eigenvalue weighted by Gasteiger charge is -2.13. The van der Waals surface area contributed by atoms with Crippen LogP contribution < -0.4 is 4.72 Å². The molecule has 0 heterocycles. The average molecular weight is 271 g/mol. The minimum absolute atomic E-state index is 0.0458. The lowest BCUT2D eigenvalue weighted by atomic mass is 10.2. The first kappa shape index (κ1) is 15.7. The Bertz CT molecular complexity index is 304. The van der Waals surface area contributed by atoms with Crippen molar-refractivity contribution in [1.82, 2.24) is 4.72 Å². The molecule has 0 saturated heterocycles. The number of rotatable bonds is 9. The molecule has 0 radical (unpaired) electrons. The summed E-state index contributed by atoms with van der Waals surface area (Å²) in [4.78, 5) is 10.8. The summed E-state index contributed by atoms with van der Waals surface area (Å²) in [6, 6.07) is -1.06. The van der Waals surface area contributed by atoms with E-state index in [0.717, 1.165) is 0 Å². The van der Waals surface area contributed by atoms with Gasteiger partial charge in [0, 0.05) is 7.11 Å². The average Bonchev–Trinajstić information content (AvgIpc) is 2.21. The van der Waals surface area contributed by atoms with Crippen LogP contribution in [0.15, 0.2) is 0 Å². The Kier molecular flexibility index (Phi) is 7.73. The molecule has 0 fully saturated rings. The smallest absolute Gasteiger partial charge is 0.321 e. The maximum absolute atomic E-state index is 11.4. The number of sulfonamides is 1. The highest BCUT2D eigenvalue weighted by molar-refractivity contribution is 7.98. The number of carboxylic acids is 1. The molecule has 0 aromatic carbocycles. The van der Waals surface area contributed by atoms with E-state index >= 15 is 0 Å². The molecular formula is C8H17NO5S2. The second-order valence-corrected chi connectivity index (χ2v) is 5.96. The fourth-order valence-corrected chi connectivity index (χ4v) is 2.56. The predicted molar refractivity (Wildman–Crippen MR) is 63.2 cm³/mol. The lowest BCUT2D eigenvalue weighted by Crippen LogP contribution is -2.42. The summed E-state index contributed by atoms with van der Waals surface area (Å²) >= 11 is 1.47. The van der Waals surface area contributed by atoms with Crippen molar-refractivity contribution >= 4 is 27.8 Å². The van der Waals surface area contributed by atoms with E-state index in [1.165, 1.54) is 18.9 Å². The second-order valence-electron chi connectivity index (χ2n) is 3.10. The second kappa shape index (κ2) is 7.88. The van der Waals surface area contributed by atoms with Crippen molar-refractivity contribution in [2.75, 3.05) is 31.5 Å². The zero-order valence-corrected chi connectivity index (χ0v) is 10.9. The number of hydrogen-bond donors (Lipinski definition) is 2.